The fourth-order valence-electron chi connectivity index (χ4n) is 6.47. The number of nitrogens with zero attached hydrogens (tertiary/aromatic N) is 5. The Hall–Kier alpha value is -3.33. The lowest BCUT2D eigenvalue weighted by molar-refractivity contribution is 0.00902. The van der Waals surface area contributed by atoms with E-state index < -0.39 is 5.60 Å². The van der Waals surface area contributed by atoms with Crippen molar-refractivity contribution in [3.63, 3.8) is 0 Å². The van der Waals surface area contributed by atoms with Crippen LogP contribution in [0.25, 0.3) is 0 Å². The molecule has 2 N–H and O–H groups in total. The van der Waals surface area contributed by atoms with Crippen molar-refractivity contribution in [1.29, 1.82) is 0 Å². The molecular formula is C34H45ClN7O3P. The molecule has 246 valence electrons. The van der Waals surface area contributed by atoms with Crippen LogP contribution in [0.15, 0.2) is 42.6 Å². The third-order valence-corrected chi connectivity index (χ3v) is 10.4. The van der Waals surface area contributed by atoms with Crippen molar-refractivity contribution in [1.82, 2.24) is 19.8 Å². The summed E-state index contributed by atoms with van der Waals surface area (Å²) in [6, 6.07) is 13.1. The minimum Gasteiger partial charge on any atom is -0.491 e. The fourth-order valence-corrected chi connectivity index (χ4v) is 7.61. The fraction of sp³-hybridized carbons (Fsp3) is 0.500. The van der Waals surface area contributed by atoms with E-state index in [4.69, 9.17) is 26.1 Å². The van der Waals surface area contributed by atoms with Crippen LogP contribution in [0.5, 0.6) is 5.75 Å². The van der Waals surface area contributed by atoms with Crippen LogP contribution in [0, 0.1) is 0 Å². The van der Waals surface area contributed by atoms with Gasteiger partial charge in [-0.3, -0.25) is 4.90 Å². The molecule has 0 spiro atoms. The van der Waals surface area contributed by atoms with Crippen LogP contribution in [0.3, 0.4) is 0 Å². The summed E-state index contributed by atoms with van der Waals surface area (Å²) in [4.78, 5) is 28.6. The monoisotopic (exact) mass is 665 g/mol. The van der Waals surface area contributed by atoms with Crippen molar-refractivity contribution in [3.05, 3.63) is 53.2 Å². The lowest BCUT2D eigenvalue weighted by atomic mass is 9.99. The lowest BCUT2D eigenvalue weighted by Crippen LogP contribution is -2.55. The molecule has 0 bridgehead atoms. The molecular weight excluding hydrogens is 621 g/mol. The van der Waals surface area contributed by atoms with Gasteiger partial charge in [0, 0.05) is 68.7 Å². The molecule has 2 aromatic carbocycles. The molecule has 3 aliphatic heterocycles. The molecule has 0 saturated carbocycles. The number of rotatable bonds is 7. The van der Waals surface area contributed by atoms with Gasteiger partial charge in [-0.2, -0.15) is 4.98 Å². The number of carbonyl (C=O) groups is 1. The standard InChI is InChI=1S/C34H45ClN7O3P/c1-34(2,3)45-33(43)42-19-17-40(18-20-42)23-12-15-41(16-13-23)28-11-10-27(30-24(28)14-21-44-30)38-32-36-22-25(35)31(39-32)37-26-8-6-7-9-29(26)46(4)5/h6-11,22-23H,12-21H2,1-5H3,(H2,36,37,38,39). The van der Waals surface area contributed by atoms with Gasteiger partial charge in [0.1, 0.15) is 16.4 Å². The molecule has 46 heavy (non-hydrogen) atoms. The van der Waals surface area contributed by atoms with E-state index in [1.54, 1.807) is 6.20 Å². The van der Waals surface area contributed by atoms with E-state index in [0.29, 0.717) is 29.4 Å². The average Bonchev–Trinajstić information content (AvgIpc) is 3.53. The number of benzene rings is 2. The second-order valence-electron chi connectivity index (χ2n) is 13.3. The number of para-hydroxylation sites is 1. The number of hydrogen-bond donors (Lipinski definition) is 2. The summed E-state index contributed by atoms with van der Waals surface area (Å²) < 4.78 is 11.7. The molecule has 2 saturated heterocycles. The number of aromatic nitrogens is 2. The van der Waals surface area contributed by atoms with Gasteiger partial charge in [0.05, 0.1) is 18.5 Å². The van der Waals surface area contributed by atoms with Crippen LogP contribution in [-0.4, -0.2) is 96.7 Å². The highest BCUT2D eigenvalue weighted by molar-refractivity contribution is 7.64. The first-order valence-electron chi connectivity index (χ1n) is 16.1. The summed E-state index contributed by atoms with van der Waals surface area (Å²) in [7, 11) is -0.301. The van der Waals surface area contributed by atoms with Gasteiger partial charge in [0.2, 0.25) is 5.95 Å². The number of amides is 1. The van der Waals surface area contributed by atoms with Crippen LogP contribution >= 0.6 is 19.5 Å². The molecule has 0 radical (unpaired) electrons. The third kappa shape index (κ3) is 7.45. The molecule has 3 aromatic rings. The molecule has 0 atom stereocenters. The normalized spacial score (nSPS) is 17.5. The number of piperazine rings is 1. The van der Waals surface area contributed by atoms with Gasteiger partial charge in [0.15, 0.2) is 5.82 Å². The molecule has 1 aromatic heterocycles. The van der Waals surface area contributed by atoms with E-state index in [2.05, 4.69) is 69.1 Å². The smallest absolute Gasteiger partial charge is 0.410 e. The van der Waals surface area contributed by atoms with Crippen LogP contribution < -0.4 is 25.6 Å². The second kappa shape index (κ2) is 13.8. The number of nitrogens with one attached hydrogen (secondary N) is 2. The summed E-state index contributed by atoms with van der Waals surface area (Å²) in [5, 5.41) is 8.54. The number of ether oxygens (including phenoxy) is 2. The van der Waals surface area contributed by atoms with Gasteiger partial charge in [-0.15, -0.1) is 0 Å². The van der Waals surface area contributed by atoms with Crippen molar-refractivity contribution in [2.24, 2.45) is 0 Å². The summed E-state index contributed by atoms with van der Waals surface area (Å²) in [6.45, 7) is 16.1. The Kier molecular flexibility index (Phi) is 9.78. The maximum absolute atomic E-state index is 12.5. The predicted molar refractivity (Wildman–Crippen MR) is 189 cm³/mol. The summed E-state index contributed by atoms with van der Waals surface area (Å²) in [5.74, 6) is 1.89. The molecule has 1 amide bonds. The number of halogens is 1. The molecule has 0 unspecified atom stereocenters. The minimum atomic E-state index is -0.466. The summed E-state index contributed by atoms with van der Waals surface area (Å²) >= 11 is 6.52. The number of fused-ring (bicyclic) bond motifs is 1. The first-order chi connectivity index (χ1) is 22.1. The zero-order valence-corrected chi connectivity index (χ0v) is 29.1. The van der Waals surface area contributed by atoms with E-state index in [-0.39, 0.29) is 14.0 Å². The van der Waals surface area contributed by atoms with Gasteiger partial charge in [-0.05, 0) is 70.4 Å². The Balaban J connectivity index is 1.09. The maximum atomic E-state index is 12.5. The van der Waals surface area contributed by atoms with E-state index in [1.807, 2.05) is 31.7 Å². The molecule has 4 heterocycles. The number of carbonyl (C=O) groups excluding carboxylic acids is 1. The zero-order valence-electron chi connectivity index (χ0n) is 27.5. The van der Waals surface area contributed by atoms with Gasteiger partial charge >= 0.3 is 6.09 Å². The van der Waals surface area contributed by atoms with Crippen molar-refractivity contribution >= 4 is 59.7 Å². The van der Waals surface area contributed by atoms with Crippen LogP contribution in [0.2, 0.25) is 5.02 Å². The summed E-state index contributed by atoms with van der Waals surface area (Å²) in [5.41, 5.74) is 3.87. The van der Waals surface area contributed by atoms with Crippen LogP contribution in [0.1, 0.15) is 39.2 Å². The van der Waals surface area contributed by atoms with Gasteiger partial charge in [0.25, 0.3) is 0 Å². The van der Waals surface area contributed by atoms with Gasteiger partial charge < -0.3 is 29.9 Å². The quantitative estimate of drug-likeness (QED) is 0.277. The molecule has 0 aliphatic carbocycles. The van der Waals surface area contributed by atoms with Crippen molar-refractivity contribution < 1.29 is 14.3 Å². The Labute approximate surface area is 278 Å². The Morgan fingerprint density at radius 2 is 1.74 bits per heavy atom. The molecule has 6 rings (SSSR count). The van der Waals surface area contributed by atoms with Crippen molar-refractivity contribution in [2.75, 3.05) is 74.7 Å². The second-order valence-corrected chi connectivity index (χ2v) is 16.0. The van der Waals surface area contributed by atoms with E-state index >= 15 is 0 Å². The number of piperidine rings is 1. The predicted octanol–water partition coefficient (Wildman–Crippen LogP) is 6.44. The van der Waals surface area contributed by atoms with Crippen LogP contribution in [0.4, 0.5) is 33.6 Å². The first kappa shape index (κ1) is 32.6. The van der Waals surface area contributed by atoms with E-state index in [0.717, 1.165) is 75.7 Å². The highest BCUT2D eigenvalue weighted by Crippen LogP contribution is 2.42. The number of anilines is 5. The molecule has 10 nitrogen and oxygen atoms in total. The van der Waals surface area contributed by atoms with Gasteiger partial charge in [-0.25, -0.2) is 9.78 Å². The lowest BCUT2D eigenvalue weighted by Gasteiger charge is -2.43. The Morgan fingerprint density at radius 3 is 2.46 bits per heavy atom. The zero-order chi connectivity index (χ0) is 32.4. The highest BCUT2D eigenvalue weighted by atomic mass is 35.5. The average molecular weight is 666 g/mol. The maximum Gasteiger partial charge on any atom is 0.410 e. The Bertz CT molecular complexity index is 1550. The molecule has 12 heteroatoms. The Morgan fingerprint density at radius 1 is 1.00 bits per heavy atom. The molecule has 3 aliphatic rings. The third-order valence-electron chi connectivity index (χ3n) is 8.75. The SMILES string of the molecule is CP(C)c1ccccc1Nc1nc(Nc2ccc(N3CCC(N4CCN(C(=O)OC(C)(C)C)CC4)CC3)c3c2OCC3)ncc1Cl. The van der Waals surface area contributed by atoms with Crippen molar-refractivity contribution in [2.45, 2.75) is 51.7 Å². The van der Waals surface area contributed by atoms with E-state index in [1.165, 1.54) is 16.6 Å². The first-order valence-corrected chi connectivity index (χ1v) is 18.8. The topological polar surface area (TPSA) is 95.1 Å². The highest BCUT2D eigenvalue weighted by Gasteiger charge is 2.32. The summed E-state index contributed by atoms with van der Waals surface area (Å²) in [6.07, 6.45) is 4.48. The van der Waals surface area contributed by atoms with Crippen molar-refractivity contribution in [3.8, 4) is 5.75 Å². The largest absolute Gasteiger partial charge is 0.491 e. The van der Waals surface area contributed by atoms with E-state index in [9.17, 15) is 4.79 Å². The van der Waals surface area contributed by atoms with Gasteiger partial charge in [-0.1, -0.05) is 37.7 Å². The molecule has 2 fully saturated rings. The minimum absolute atomic E-state index is 0.205. The number of hydrogen-bond acceptors (Lipinski definition) is 9. The van der Waals surface area contributed by atoms with Crippen LogP contribution in [-0.2, 0) is 11.2 Å².